The van der Waals surface area contributed by atoms with Gasteiger partial charge >= 0.3 is 5.69 Å². The summed E-state index contributed by atoms with van der Waals surface area (Å²) < 4.78 is 1.79. The molecule has 0 bridgehead atoms. The Morgan fingerprint density at radius 1 is 1.00 bits per heavy atom. The van der Waals surface area contributed by atoms with Crippen LogP contribution in [0.5, 0.6) is 0 Å². The van der Waals surface area contributed by atoms with Crippen molar-refractivity contribution in [2.45, 2.75) is 96.9 Å². The first-order valence-corrected chi connectivity index (χ1v) is 9.72. The van der Waals surface area contributed by atoms with Gasteiger partial charge in [-0.2, -0.15) is 0 Å². The minimum absolute atomic E-state index is 0.183. The lowest BCUT2D eigenvalue weighted by Gasteiger charge is -2.19. The van der Waals surface area contributed by atoms with Crippen LogP contribution in [-0.4, -0.2) is 14.8 Å². The largest absolute Gasteiger partial charge is 0.409 e. The predicted octanol–water partition coefficient (Wildman–Crippen LogP) is 4.73. The molecule has 138 valence electrons. The molecule has 0 spiro atoms. The number of aromatic nitrogens is 2. The second-order valence-corrected chi connectivity index (χ2v) is 6.70. The first-order chi connectivity index (χ1) is 11.7. The molecule has 5 nitrogen and oxygen atoms in total. The minimum atomic E-state index is -0.183. The number of unbranched alkanes of at least 4 members (excludes halogenated alkanes) is 8. The Balaban J connectivity index is 2.63. The molecule has 0 unspecified atom stereocenters. The maximum atomic E-state index is 12.2. The van der Waals surface area contributed by atoms with Crippen molar-refractivity contribution < 1.29 is 5.21 Å². The summed E-state index contributed by atoms with van der Waals surface area (Å²) >= 11 is 0. The summed E-state index contributed by atoms with van der Waals surface area (Å²) in [4.78, 5) is 14.9. The monoisotopic (exact) mass is 337 g/mol. The second-order valence-electron chi connectivity index (χ2n) is 6.70. The highest BCUT2D eigenvalue weighted by molar-refractivity contribution is 4.85. The van der Waals surface area contributed by atoms with Gasteiger partial charge in [-0.1, -0.05) is 83.2 Å². The summed E-state index contributed by atoms with van der Waals surface area (Å²) in [5.74, 6) is 0. The van der Waals surface area contributed by atoms with Gasteiger partial charge in [0, 0.05) is 18.3 Å². The van der Waals surface area contributed by atoms with Gasteiger partial charge in [-0.05, 0) is 12.8 Å². The Labute approximate surface area is 145 Å². The number of hydrogen-bond donors (Lipinski definition) is 2. The predicted molar refractivity (Wildman–Crippen MR) is 98.2 cm³/mol. The van der Waals surface area contributed by atoms with Crippen LogP contribution in [0.1, 0.15) is 96.9 Å². The molecule has 1 aromatic heterocycles. The summed E-state index contributed by atoms with van der Waals surface area (Å²) in [7, 11) is 0. The normalized spacial score (nSPS) is 12.2. The van der Waals surface area contributed by atoms with Crippen molar-refractivity contribution in [1.82, 2.24) is 9.55 Å². The average molecular weight is 338 g/mol. The van der Waals surface area contributed by atoms with Gasteiger partial charge in [0.15, 0.2) is 5.49 Å². The maximum absolute atomic E-state index is 12.2. The highest BCUT2D eigenvalue weighted by Gasteiger charge is 2.12. The molecule has 0 atom stereocenters. The van der Waals surface area contributed by atoms with Crippen LogP contribution >= 0.6 is 0 Å². The summed E-state index contributed by atoms with van der Waals surface area (Å²) in [6, 6.07) is 1.90. The van der Waals surface area contributed by atoms with E-state index < -0.39 is 0 Å². The smallest absolute Gasteiger partial charge is 0.327 e. The Morgan fingerprint density at radius 2 is 1.54 bits per heavy atom. The SMILES string of the molecule is CCCCCCCC(CCCCCCC)n1cc/c(=N\O)[nH]c1=O. The zero-order chi connectivity index (χ0) is 17.6. The van der Waals surface area contributed by atoms with E-state index in [9.17, 15) is 4.79 Å². The average Bonchev–Trinajstić information content (AvgIpc) is 2.59. The minimum Gasteiger partial charge on any atom is -0.409 e. The lowest BCUT2D eigenvalue weighted by molar-refractivity contribution is 0.296. The molecule has 0 fully saturated rings. The highest BCUT2D eigenvalue weighted by Crippen LogP contribution is 2.22. The van der Waals surface area contributed by atoms with E-state index in [0.29, 0.717) is 0 Å². The summed E-state index contributed by atoms with van der Waals surface area (Å²) in [6.07, 6.45) is 16.3. The lowest BCUT2D eigenvalue weighted by atomic mass is 10.00. The molecule has 1 heterocycles. The molecule has 1 rings (SSSR count). The van der Waals surface area contributed by atoms with Crippen LogP contribution in [0, 0.1) is 0 Å². The van der Waals surface area contributed by atoms with E-state index >= 15 is 0 Å². The fourth-order valence-electron chi connectivity index (χ4n) is 3.17. The van der Waals surface area contributed by atoms with Crippen LogP contribution in [0.15, 0.2) is 22.2 Å². The third-order valence-electron chi connectivity index (χ3n) is 4.65. The Hall–Kier alpha value is -1.52. The molecule has 0 aliphatic carbocycles. The molecule has 0 saturated heterocycles. The van der Waals surface area contributed by atoms with Gasteiger partial charge in [-0.3, -0.25) is 9.55 Å². The third-order valence-corrected chi connectivity index (χ3v) is 4.65. The van der Waals surface area contributed by atoms with Gasteiger partial charge < -0.3 is 5.21 Å². The van der Waals surface area contributed by atoms with Crippen molar-refractivity contribution >= 4 is 0 Å². The fourth-order valence-corrected chi connectivity index (χ4v) is 3.17. The quantitative estimate of drug-likeness (QED) is 0.310. The summed E-state index contributed by atoms with van der Waals surface area (Å²) in [5.41, 5.74) is 0.0262. The van der Waals surface area contributed by atoms with E-state index in [1.54, 1.807) is 16.8 Å². The van der Waals surface area contributed by atoms with Crippen molar-refractivity contribution in [3.8, 4) is 0 Å². The van der Waals surface area contributed by atoms with Crippen LogP contribution in [0.2, 0.25) is 0 Å². The van der Waals surface area contributed by atoms with Gasteiger partial charge in [-0.25, -0.2) is 4.79 Å². The van der Waals surface area contributed by atoms with Gasteiger partial charge in [-0.15, -0.1) is 0 Å². The summed E-state index contributed by atoms with van der Waals surface area (Å²) in [6.45, 7) is 4.45. The van der Waals surface area contributed by atoms with E-state index in [-0.39, 0.29) is 17.2 Å². The number of nitrogens with one attached hydrogen (secondary N) is 1. The molecule has 0 amide bonds. The second kappa shape index (κ2) is 12.8. The molecule has 24 heavy (non-hydrogen) atoms. The molecule has 1 aromatic rings. The van der Waals surface area contributed by atoms with Gasteiger partial charge in [0.2, 0.25) is 0 Å². The standard InChI is InChI=1S/C19H35N3O2/c1-3-5-7-9-11-13-17(14-12-10-8-6-4-2)22-16-15-18(21-24)20-19(22)23/h15-17,24H,3-14H2,1-2H3,(H,20,21,23). The van der Waals surface area contributed by atoms with Crippen LogP contribution in [0.4, 0.5) is 0 Å². The van der Waals surface area contributed by atoms with E-state index in [4.69, 9.17) is 5.21 Å². The molecule has 5 heteroatoms. The Kier molecular flexibility index (Phi) is 11.0. The molecule has 0 aromatic carbocycles. The number of nitrogens with zero attached hydrogens (tertiary/aromatic N) is 2. The molecule has 0 saturated carbocycles. The lowest BCUT2D eigenvalue weighted by Crippen LogP contribution is -2.32. The first-order valence-electron chi connectivity index (χ1n) is 9.72. The van der Waals surface area contributed by atoms with Gasteiger partial charge in [0.1, 0.15) is 0 Å². The zero-order valence-electron chi connectivity index (χ0n) is 15.5. The Bertz CT molecular complexity index is 534. The van der Waals surface area contributed by atoms with Gasteiger partial charge in [0.05, 0.1) is 0 Å². The number of aromatic amines is 1. The van der Waals surface area contributed by atoms with Crippen LogP contribution in [-0.2, 0) is 0 Å². The number of H-pyrrole nitrogens is 1. The molecular weight excluding hydrogens is 302 g/mol. The van der Waals surface area contributed by atoms with E-state index in [2.05, 4.69) is 24.0 Å². The molecule has 0 aliphatic heterocycles. The fraction of sp³-hybridized carbons (Fsp3) is 0.789. The highest BCUT2D eigenvalue weighted by atomic mass is 16.4. The van der Waals surface area contributed by atoms with E-state index in [0.717, 1.165) is 25.7 Å². The van der Waals surface area contributed by atoms with E-state index in [1.807, 2.05) is 0 Å². The van der Waals surface area contributed by atoms with Crippen LogP contribution < -0.4 is 11.2 Å². The van der Waals surface area contributed by atoms with Crippen molar-refractivity contribution in [2.24, 2.45) is 5.16 Å². The van der Waals surface area contributed by atoms with Crippen molar-refractivity contribution in [3.63, 3.8) is 0 Å². The third kappa shape index (κ3) is 7.84. The van der Waals surface area contributed by atoms with Crippen molar-refractivity contribution in [1.29, 1.82) is 0 Å². The van der Waals surface area contributed by atoms with E-state index in [1.165, 1.54) is 51.4 Å². The zero-order valence-corrected chi connectivity index (χ0v) is 15.5. The number of rotatable bonds is 13. The molecule has 0 aliphatic rings. The van der Waals surface area contributed by atoms with Crippen LogP contribution in [0.3, 0.4) is 0 Å². The maximum Gasteiger partial charge on any atom is 0.327 e. The summed E-state index contributed by atoms with van der Waals surface area (Å²) in [5, 5.41) is 11.8. The topological polar surface area (TPSA) is 70.4 Å². The van der Waals surface area contributed by atoms with Gasteiger partial charge in [0.25, 0.3) is 0 Å². The molecule has 2 N–H and O–H groups in total. The molecular formula is C19H35N3O2. The van der Waals surface area contributed by atoms with Crippen LogP contribution in [0.25, 0.3) is 0 Å². The molecule has 0 radical (unpaired) electrons. The Morgan fingerprint density at radius 3 is 2.00 bits per heavy atom. The van der Waals surface area contributed by atoms with Crippen molar-refractivity contribution in [2.75, 3.05) is 0 Å². The number of hydrogen-bond acceptors (Lipinski definition) is 3. The first kappa shape index (κ1) is 20.5. The van der Waals surface area contributed by atoms with Crippen molar-refractivity contribution in [3.05, 3.63) is 28.2 Å².